The van der Waals surface area contributed by atoms with Gasteiger partial charge in [0.05, 0.1) is 0 Å². The van der Waals surface area contributed by atoms with E-state index in [1.807, 2.05) is 24.3 Å². The number of hydrogen-bond acceptors (Lipinski definition) is 4. The first-order valence-electron chi connectivity index (χ1n) is 9.12. The molecule has 4 nitrogen and oxygen atoms in total. The third kappa shape index (κ3) is 3.83. The van der Waals surface area contributed by atoms with Crippen molar-refractivity contribution in [3.8, 4) is 5.75 Å². The predicted octanol–water partition coefficient (Wildman–Crippen LogP) is 5.09. The van der Waals surface area contributed by atoms with Crippen LogP contribution in [0.25, 0.3) is 11.0 Å². The molecule has 0 amide bonds. The van der Waals surface area contributed by atoms with Crippen LogP contribution in [0.2, 0.25) is 0 Å². The molecular formula is C22H19BrO4. The lowest BCUT2D eigenvalue weighted by molar-refractivity contribution is 0.0921. The van der Waals surface area contributed by atoms with Gasteiger partial charge >= 0.3 is 5.63 Å². The van der Waals surface area contributed by atoms with Gasteiger partial charge in [-0.25, -0.2) is 4.79 Å². The number of carbonyl (C=O) groups is 1. The summed E-state index contributed by atoms with van der Waals surface area (Å²) in [5.41, 5.74) is 2.79. The Labute approximate surface area is 165 Å². The number of carbonyl (C=O) groups excluding carboxylic acids is 1. The number of halogens is 1. The smallest absolute Gasteiger partial charge is 0.339 e. The van der Waals surface area contributed by atoms with Gasteiger partial charge in [0.1, 0.15) is 11.3 Å². The van der Waals surface area contributed by atoms with E-state index in [1.54, 1.807) is 18.2 Å². The number of ketones is 1. The van der Waals surface area contributed by atoms with Crippen molar-refractivity contribution in [1.29, 1.82) is 0 Å². The highest BCUT2D eigenvalue weighted by atomic mass is 79.9. The number of fused-ring (bicyclic) bond motifs is 3. The summed E-state index contributed by atoms with van der Waals surface area (Å²) in [5.74, 6) is 0.413. The molecule has 0 fully saturated rings. The highest BCUT2D eigenvalue weighted by Crippen LogP contribution is 2.28. The maximum absolute atomic E-state index is 12.4. The molecule has 0 aliphatic heterocycles. The van der Waals surface area contributed by atoms with Crippen LogP contribution < -0.4 is 10.4 Å². The van der Waals surface area contributed by atoms with E-state index in [2.05, 4.69) is 15.9 Å². The summed E-state index contributed by atoms with van der Waals surface area (Å²) in [6.07, 6.45) is 4.94. The summed E-state index contributed by atoms with van der Waals surface area (Å²) in [7, 11) is 0. The van der Waals surface area contributed by atoms with Crippen molar-refractivity contribution in [2.45, 2.75) is 32.1 Å². The van der Waals surface area contributed by atoms with Crippen LogP contribution in [0.3, 0.4) is 0 Å². The average Bonchev–Trinajstić information content (AvgIpc) is 2.93. The Kier molecular flexibility index (Phi) is 5.12. The lowest BCUT2D eigenvalue weighted by Gasteiger charge is -2.10. The van der Waals surface area contributed by atoms with Gasteiger partial charge in [-0.15, -0.1) is 0 Å². The van der Waals surface area contributed by atoms with E-state index in [0.29, 0.717) is 16.9 Å². The molecule has 2 aromatic carbocycles. The van der Waals surface area contributed by atoms with Crippen molar-refractivity contribution >= 4 is 32.7 Å². The molecule has 0 N–H and O–H groups in total. The minimum atomic E-state index is -0.248. The Balaban J connectivity index is 1.57. The number of hydrogen-bond donors (Lipinski definition) is 0. The highest BCUT2D eigenvalue weighted by molar-refractivity contribution is 9.10. The number of aryl methyl sites for hydroxylation is 1. The van der Waals surface area contributed by atoms with Crippen LogP contribution in [-0.4, -0.2) is 12.4 Å². The molecule has 0 saturated carbocycles. The summed E-state index contributed by atoms with van der Waals surface area (Å²) < 4.78 is 12.1. The maximum atomic E-state index is 12.4. The van der Waals surface area contributed by atoms with Gasteiger partial charge in [0.25, 0.3) is 0 Å². The van der Waals surface area contributed by atoms with Crippen LogP contribution in [0.4, 0.5) is 0 Å². The van der Waals surface area contributed by atoms with Gasteiger partial charge in [-0.1, -0.05) is 34.5 Å². The molecule has 138 valence electrons. The molecule has 0 unspecified atom stereocenters. The van der Waals surface area contributed by atoms with Crippen LogP contribution >= 0.6 is 15.9 Å². The number of rotatable bonds is 4. The molecule has 1 aromatic heterocycles. The van der Waals surface area contributed by atoms with Crippen molar-refractivity contribution < 1.29 is 13.9 Å². The van der Waals surface area contributed by atoms with E-state index < -0.39 is 0 Å². The van der Waals surface area contributed by atoms with Crippen molar-refractivity contribution in [1.82, 2.24) is 0 Å². The molecule has 0 saturated heterocycles. The van der Waals surface area contributed by atoms with Crippen molar-refractivity contribution in [3.05, 3.63) is 74.0 Å². The quantitative estimate of drug-likeness (QED) is 0.331. The summed E-state index contributed by atoms with van der Waals surface area (Å²) >= 11 is 3.35. The molecule has 0 radical (unpaired) electrons. The van der Waals surface area contributed by atoms with E-state index in [9.17, 15) is 9.59 Å². The zero-order valence-electron chi connectivity index (χ0n) is 14.8. The average molecular weight is 427 g/mol. The van der Waals surface area contributed by atoms with E-state index in [0.717, 1.165) is 53.1 Å². The Morgan fingerprint density at radius 3 is 2.52 bits per heavy atom. The first-order valence-corrected chi connectivity index (χ1v) is 9.91. The first-order chi connectivity index (χ1) is 13.1. The molecule has 27 heavy (non-hydrogen) atoms. The fraction of sp³-hybridized carbons (Fsp3) is 0.273. The molecule has 3 aromatic rings. The lowest BCUT2D eigenvalue weighted by atomic mass is 10.0. The van der Waals surface area contributed by atoms with Crippen LogP contribution in [0.15, 0.2) is 56.1 Å². The normalized spacial score (nSPS) is 13.8. The number of Topliss-reactive ketones (excluding diaryl/α,β-unsaturated/α-hetero) is 1. The minimum absolute atomic E-state index is 0.0672. The molecular weight excluding hydrogens is 408 g/mol. The van der Waals surface area contributed by atoms with Gasteiger partial charge in [0.2, 0.25) is 0 Å². The van der Waals surface area contributed by atoms with Gasteiger partial charge in [-0.2, -0.15) is 0 Å². The second kappa shape index (κ2) is 7.69. The number of ether oxygens (including phenoxy) is 1. The van der Waals surface area contributed by atoms with Crippen LogP contribution in [0.5, 0.6) is 5.75 Å². The van der Waals surface area contributed by atoms with Gasteiger partial charge in [0.15, 0.2) is 12.4 Å². The van der Waals surface area contributed by atoms with Gasteiger partial charge in [-0.3, -0.25) is 4.79 Å². The molecule has 4 rings (SSSR count). The van der Waals surface area contributed by atoms with E-state index >= 15 is 0 Å². The lowest BCUT2D eigenvalue weighted by Crippen LogP contribution is -2.12. The first kappa shape index (κ1) is 18.0. The van der Waals surface area contributed by atoms with Crippen molar-refractivity contribution in [3.63, 3.8) is 0 Å². The zero-order chi connectivity index (χ0) is 18.8. The third-order valence-corrected chi connectivity index (χ3v) is 5.51. The van der Waals surface area contributed by atoms with Crippen molar-refractivity contribution in [2.75, 3.05) is 6.61 Å². The standard InChI is InChI=1S/C22H19BrO4/c23-15-8-6-14(7-9-15)20(24)13-26-16-10-11-18-17-4-2-1-3-5-19(17)22(25)27-21(18)12-16/h6-12H,1-5,13H2. The van der Waals surface area contributed by atoms with Crippen LogP contribution in [-0.2, 0) is 12.8 Å². The molecule has 1 aliphatic carbocycles. The molecule has 5 heteroatoms. The van der Waals surface area contributed by atoms with Crippen molar-refractivity contribution in [2.24, 2.45) is 0 Å². The monoisotopic (exact) mass is 426 g/mol. The summed E-state index contributed by atoms with van der Waals surface area (Å²) in [5, 5.41) is 0.970. The fourth-order valence-corrected chi connectivity index (χ4v) is 3.82. The topological polar surface area (TPSA) is 56.5 Å². The molecule has 0 atom stereocenters. The highest BCUT2D eigenvalue weighted by Gasteiger charge is 2.17. The third-order valence-electron chi connectivity index (χ3n) is 4.98. The Morgan fingerprint density at radius 2 is 1.74 bits per heavy atom. The SMILES string of the molecule is O=C(COc1ccc2c3c(c(=O)oc2c1)CCCCC3)c1ccc(Br)cc1. The second-order valence-electron chi connectivity index (χ2n) is 6.78. The van der Waals surface area contributed by atoms with Gasteiger partial charge in [0, 0.05) is 27.1 Å². The van der Waals surface area contributed by atoms with E-state index in [1.165, 1.54) is 0 Å². The predicted molar refractivity (Wildman–Crippen MR) is 108 cm³/mol. The van der Waals surface area contributed by atoms with Gasteiger partial charge in [-0.05, 0) is 55.5 Å². The Morgan fingerprint density at radius 1 is 1.00 bits per heavy atom. The minimum Gasteiger partial charge on any atom is -0.485 e. The zero-order valence-corrected chi connectivity index (χ0v) is 16.4. The maximum Gasteiger partial charge on any atom is 0.339 e. The second-order valence-corrected chi connectivity index (χ2v) is 7.70. The fourth-order valence-electron chi connectivity index (χ4n) is 3.56. The largest absolute Gasteiger partial charge is 0.485 e. The number of benzene rings is 2. The van der Waals surface area contributed by atoms with E-state index in [4.69, 9.17) is 9.15 Å². The Bertz CT molecular complexity index is 1050. The van der Waals surface area contributed by atoms with Crippen LogP contribution in [0, 0.1) is 0 Å². The molecule has 0 spiro atoms. The van der Waals surface area contributed by atoms with Gasteiger partial charge < -0.3 is 9.15 Å². The summed E-state index contributed by atoms with van der Waals surface area (Å²) in [6.45, 7) is -0.0672. The summed E-state index contributed by atoms with van der Waals surface area (Å²) in [6, 6.07) is 12.6. The molecule has 1 heterocycles. The molecule has 0 bridgehead atoms. The summed E-state index contributed by atoms with van der Waals surface area (Å²) in [4.78, 5) is 24.6. The van der Waals surface area contributed by atoms with Crippen LogP contribution in [0.1, 0.15) is 40.7 Å². The Hall–Kier alpha value is -2.40. The molecule has 1 aliphatic rings. The van der Waals surface area contributed by atoms with E-state index in [-0.39, 0.29) is 18.0 Å².